The van der Waals surface area contributed by atoms with Crippen LogP contribution in [-0.4, -0.2) is 143 Å². The van der Waals surface area contributed by atoms with Crippen LogP contribution < -0.4 is 0 Å². The Kier molecular flexibility index (Phi) is 17.5. The number of ketones is 1. The highest BCUT2D eigenvalue weighted by atomic mass is 127. The molecule has 0 spiro atoms. The highest BCUT2D eigenvalue weighted by molar-refractivity contribution is 14.1. The van der Waals surface area contributed by atoms with E-state index >= 15 is 0 Å². The minimum atomic E-state index is -1.91. The Labute approximate surface area is 312 Å². The summed E-state index contributed by atoms with van der Waals surface area (Å²) in [5, 5.41) is 39.1. The van der Waals surface area contributed by atoms with Crippen molar-refractivity contribution in [1.82, 2.24) is 9.80 Å². The molecule has 50 heavy (non-hydrogen) atoms. The molecule has 0 aromatic rings. The van der Waals surface area contributed by atoms with Gasteiger partial charge in [0.15, 0.2) is 16.2 Å². The monoisotopic (exact) mass is 823 g/mol. The number of methoxy groups -OCH3 is 1. The summed E-state index contributed by atoms with van der Waals surface area (Å²) in [6.45, 7) is 13.5. The quantitative estimate of drug-likeness (QED) is 0.0533. The van der Waals surface area contributed by atoms with E-state index < -0.39 is 75.3 Å². The molecule has 14 heteroatoms. The minimum Gasteiger partial charge on any atom is -0.448 e. The van der Waals surface area contributed by atoms with Crippen molar-refractivity contribution in [3.05, 3.63) is 0 Å². The van der Waals surface area contributed by atoms with Crippen LogP contribution in [0.15, 0.2) is 5.16 Å². The number of cyclic esters (lactones) is 1. The number of oxime groups is 1. The lowest BCUT2D eigenvalue weighted by Crippen LogP contribution is -2.60. The molecule has 0 aliphatic carbocycles. The second-order valence-corrected chi connectivity index (χ2v) is 16.0. The van der Waals surface area contributed by atoms with Crippen molar-refractivity contribution in [1.29, 1.82) is 0 Å². The number of hydrogen-bond donors (Lipinski definition) is 3. The Morgan fingerprint density at radius 2 is 1.72 bits per heavy atom. The maximum atomic E-state index is 14.1. The van der Waals surface area contributed by atoms with E-state index in [-0.39, 0.29) is 18.6 Å². The van der Waals surface area contributed by atoms with Gasteiger partial charge >= 0.3 is 5.97 Å². The molecular weight excluding hydrogens is 761 g/mol. The molecule has 2 aliphatic rings. The zero-order valence-electron chi connectivity index (χ0n) is 31.8. The van der Waals surface area contributed by atoms with Crippen LogP contribution in [0.25, 0.3) is 0 Å². The summed E-state index contributed by atoms with van der Waals surface area (Å²) in [5.41, 5.74) is -2.69. The van der Waals surface area contributed by atoms with Crippen LogP contribution in [0.5, 0.6) is 0 Å². The number of rotatable bonds is 11. The van der Waals surface area contributed by atoms with Crippen LogP contribution in [0.2, 0.25) is 0 Å². The lowest BCUT2D eigenvalue weighted by Gasteiger charge is -2.47. The molecule has 2 saturated heterocycles. The molecule has 2 heterocycles. The lowest BCUT2D eigenvalue weighted by molar-refractivity contribution is -0.295. The number of aliphatic hydroxyl groups excluding tert-OH is 2. The van der Waals surface area contributed by atoms with Crippen LogP contribution in [0, 0.1) is 36.0 Å². The summed E-state index contributed by atoms with van der Waals surface area (Å²) in [7, 11) is 7.33. The number of nitrogens with zero attached hydrogens (tertiary/aromatic N) is 3. The highest BCUT2D eigenvalue weighted by Gasteiger charge is 2.51. The Bertz CT molecular complexity index is 1180. The molecular formula is C36H62IN3O10. The molecule has 2 rings (SSSR count). The number of Topliss-reactive ketones (excluding diaryl/α,β-unsaturated/α-hetero) is 1. The van der Waals surface area contributed by atoms with Crippen molar-refractivity contribution >= 4 is 40.1 Å². The molecule has 0 radical (unpaired) electrons. The number of terminal acetylenes is 1. The summed E-state index contributed by atoms with van der Waals surface area (Å²) in [5.74, 6) is -2.08. The first kappa shape index (κ1) is 44.7. The van der Waals surface area contributed by atoms with Crippen LogP contribution in [0.1, 0.15) is 74.1 Å². The first-order valence-electron chi connectivity index (χ1n) is 17.5. The standard InChI is InChI=1S/C36H62IN3O10/c1-13-14-17-40(11)26-19-22(3)48-33(29(26)42)49-31-24(5)28(41)25(6)32(44)50-34(37)36(8,45)30(43)23(4)27(21(2)20-35(31,7)46-12)38-47-18-15-16-39(9)10/h1,21-26,29-31,33-34,42-43,45H,14-20H2,2-12H3/b38-27+/t21-,22-,23+,24+,25-,26+,29-,30-,31-,33+,34+,35-,36+/m1/s1. The fourth-order valence-electron chi connectivity index (χ4n) is 6.92. The summed E-state index contributed by atoms with van der Waals surface area (Å²) in [6, 6.07) is -0.331. The Hall–Kier alpha value is -1.42. The topological polar surface area (TPSA) is 160 Å². The molecule has 0 saturated carbocycles. The zero-order chi connectivity index (χ0) is 38.1. The largest absolute Gasteiger partial charge is 0.448 e. The number of alkyl halides is 1. The first-order chi connectivity index (χ1) is 23.2. The van der Waals surface area contributed by atoms with Crippen LogP contribution in [-0.2, 0) is 33.4 Å². The Morgan fingerprint density at radius 1 is 1.08 bits per heavy atom. The molecule has 0 amide bonds. The van der Waals surface area contributed by atoms with E-state index in [0.717, 1.165) is 6.54 Å². The number of likely N-dealkylation sites (N-methyl/N-ethyl adjacent to an activating group) is 1. The van der Waals surface area contributed by atoms with Crippen molar-refractivity contribution in [2.75, 3.05) is 47.9 Å². The maximum absolute atomic E-state index is 14.1. The number of aliphatic hydroxyl groups is 3. The normalized spacial score (nSPS) is 40.4. The zero-order valence-corrected chi connectivity index (χ0v) is 34.0. The van der Waals surface area contributed by atoms with Gasteiger partial charge in [0, 0.05) is 50.4 Å². The molecule has 0 aromatic carbocycles. The lowest BCUT2D eigenvalue weighted by atomic mass is 9.75. The van der Waals surface area contributed by atoms with Gasteiger partial charge in [-0.25, -0.2) is 0 Å². The van der Waals surface area contributed by atoms with Gasteiger partial charge in [0.05, 0.1) is 29.6 Å². The molecule has 0 bridgehead atoms. The van der Waals surface area contributed by atoms with Gasteiger partial charge in [-0.05, 0) is 90.7 Å². The van der Waals surface area contributed by atoms with E-state index in [0.29, 0.717) is 38.1 Å². The predicted octanol–water partition coefficient (Wildman–Crippen LogP) is 2.85. The fraction of sp³-hybridized carbons (Fsp3) is 0.861. The second kappa shape index (κ2) is 19.6. The van der Waals surface area contributed by atoms with E-state index in [2.05, 4.69) is 11.1 Å². The third kappa shape index (κ3) is 11.3. The second-order valence-electron chi connectivity index (χ2n) is 14.9. The van der Waals surface area contributed by atoms with Crippen LogP contribution in [0.3, 0.4) is 0 Å². The van der Waals surface area contributed by atoms with Gasteiger partial charge in [-0.3, -0.25) is 14.5 Å². The predicted molar refractivity (Wildman–Crippen MR) is 198 cm³/mol. The van der Waals surface area contributed by atoms with Gasteiger partial charge in [-0.15, -0.1) is 12.3 Å². The Morgan fingerprint density at radius 3 is 2.30 bits per heavy atom. The van der Waals surface area contributed by atoms with Gasteiger partial charge in [0.1, 0.15) is 24.2 Å². The number of halogens is 1. The van der Waals surface area contributed by atoms with Gasteiger partial charge < -0.3 is 44.0 Å². The van der Waals surface area contributed by atoms with Gasteiger partial charge in [-0.2, -0.15) is 0 Å². The van der Waals surface area contributed by atoms with Gasteiger partial charge in [0.2, 0.25) is 0 Å². The summed E-state index contributed by atoms with van der Waals surface area (Å²) >= 11 is 1.76. The minimum absolute atomic E-state index is 0.223. The maximum Gasteiger partial charge on any atom is 0.317 e. The third-order valence-electron chi connectivity index (χ3n) is 10.3. The number of carbonyl (C=O) groups is 2. The van der Waals surface area contributed by atoms with Crippen molar-refractivity contribution in [2.24, 2.45) is 28.8 Å². The number of carbonyl (C=O) groups excluding carboxylic acids is 2. The van der Waals surface area contributed by atoms with E-state index in [1.165, 1.54) is 21.0 Å². The first-order valence-corrected chi connectivity index (χ1v) is 18.8. The average Bonchev–Trinajstić information content (AvgIpc) is 3.06. The molecule has 288 valence electrons. The van der Waals surface area contributed by atoms with E-state index in [9.17, 15) is 24.9 Å². The van der Waals surface area contributed by atoms with Crippen LogP contribution in [0.4, 0.5) is 0 Å². The van der Waals surface area contributed by atoms with Crippen LogP contribution >= 0.6 is 22.6 Å². The smallest absolute Gasteiger partial charge is 0.317 e. The third-order valence-corrected chi connectivity index (χ3v) is 11.8. The van der Waals surface area contributed by atoms with E-state index in [1.807, 2.05) is 44.8 Å². The molecule has 0 unspecified atom stereocenters. The number of hydrogen-bond acceptors (Lipinski definition) is 13. The summed E-state index contributed by atoms with van der Waals surface area (Å²) in [4.78, 5) is 37.2. The number of ether oxygens (including phenoxy) is 4. The summed E-state index contributed by atoms with van der Waals surface area (Å²) in [6.07, 6.45) is 2.51. The molecule has 0 aromatic heterocycles. The SMILES string of the molecule is C#CCCN(C)[C@H]1C[C@@H](C)O[C@@H](O[C@@H]2[C@@H](C)C(=O)[C@@H](C)C(=O)O[C@H](I)[C@@](C)(O)[C@H](O)[C@@H](C)/C(=N/OCCCN(C)C)[C@H](C)C[C@@]2(C)OC)[C@@H]1O. The van der Waals surface area contributed by atoms with Crippen molar-refractivity contribution in [2.45, 2.75) is 126 Å². The molecule has 13 atom stereocenters. The van der Waals surface area contributed by atoms with Crippen molar-refractivity contribution in [3.8, 4) is 12.3 Å². The number of esters is 1. The van der Waals surface area contributed by atoms with Gasteiger partial charge in [0.25, 0.3) is 0 Å². The molecule has 3 N–H and O–H groups in total. The van der Waals surface area contributed by atoms with E-state index in [4.69, 9.17) is 30.2 Å². The fourth-order valence-corrected chi connectivity index (χ4v) is 7.54. The van der Waals surface area contributed by atoms with Crippen molar-refractivity contribution in [3.63, 3.8) is 0 Å². The average molecular weight is 824 g/mol. The highest BCUT2D eigenvalue weighted by Crippen LogP contribution is 2.39. The van der Waals surface area contributed by atoms with E-state index in [1.54, 1.807) is 43.4 Å². The molecule has 2 aliphatic heterocycles. The van der Waals surface area contributed by atoms with Gasteiger partial charge in [-0.1, -0.05) is 25.9 Å². The van der Waals surface area contributed by atoms with Crippen molar-refractivity contribution < 1.29 is 48.7 Å². The molecule has 13 nitrogen and oxygen atoms in total. The summed E-state index contributed by atoms with van der Waals surface area (Å²) < 4.78 is 23.4. The Balaban J connectivity index is 2.65. The molecule has 2 fully saturated rings.